The first-order valence-electron chi connectivity index (χ1n) is 9.62. The van der Waals surface area contributed by atoms with Gasteiger partial charge < -0.3 is 5.11 Å². The summed E-state index contributed by atoms with van der Waals surface area (Å²) < 4.78 is 0. The van der Waals surface area contributed by atoms with Crippen LogP contribution >= 0.6 is 0 Å². The van der Waals surface area contributed by atoms with Crippen LogP contribution in [0.2, 0.25) is 0 Å². The fourth-order valence-corrected chi connectivity index (χ4v) is 4.88. The van der Waals surface area contributed by atoms with Crippen molar-refractivity contribution in [1.29, 1.82) is 0 Å². The lowest BCUT2D eigenvalue weighted by atomic mass is 9.73. The maximum atomic E-state index is 11.0. The van der Waals surface area contributed by atoms with Gasteiger partial charge >= 0.3 is 0 Å². The third-order valence-corrected chi connectivity index (χ3v) is 6.59. The molecule has 1 nitrogen and oxygen atoms in total. The second-order valence-corrected chi connectivity index (χ2v) is 8.25. The van der Waals surface area contributed by atoms with E-state index in [2.05, 4.69) is 75.4 Å². The molecule has 1 heteroatoms. The molecule has 2 aliphatic rings. The number of hydrogen-bond donors (Lipinski definition) is 1. The summed E-state index contributed by atoms with van der Waals surface area (Å²) >= 11 is 0. The van der Waals surface area contributed by atoms with Crippen LogP contribution in [0, 0.1) is 17.3 Å². The summed E-state index contributed by atoms with van der Waals surface area (Å²) in [6.07, 6.45) is 3.36. The summed E-state index contributed by atoms with van der Waals surface area (Å²) in [5.41, 5.74) is 5.20. The molecular weight excluding hydrogens is 304 g/mol. The summed E-state index contributed by atoms with van der Waals surface area (Å²) in [5.74, 6) is 2.21. The Labute approximate surface area is 151 Å². The van der Waals surface area contributed by atoms with E-state index in [1.54, 1.807) is 0 Å². The number of hydrogen-bond acceptors (Lipinski definition) is 1. The van der Waals surface area contributed by atoms with Gasteiger partial charge in [-0.3, -0.25) is 0 Å². The van der Waals surface area contributed by atoms with E-state index in [0.29, 0.717) is 17.8 Å². The SMILES string of the molecule is CC(C)C1=C(O)[C@]2(CC2c2ccc(-c3ccccc3)cc2)C(C)CC1. The van der Waals surface area contributed by atoms with Crippen LogP contribution in [-0.4, -0.2) is 5.11 Å². The highest BCUT2D eigenvalue weighted by Gasteiger charge is 2.62. The van der Waals surface area contributed by atoms with E-state index in [0.717, 1.165) is 18.6 Å². The van der Waals surface area contributed by atoms with E-state index in [4.69, 9.17) is 0 Å². The summed E-state index contributed by atoms with van der Waals surface area (Å²) in [5, 5.41) is 11.0. The van der Waals surface area contributed by atoms with Gasteiger partial charge in [-0.15, -0.1) is 0 Å². The van der Waals surface area contributed by atoms with Gasteiger partial charge in [-0.25, -0.2) is 0 Å². The van der Waals surface area contributed by atoms with Gasteiger partial charge in [0.15, 0.2) is 0 Å². The first kappa shape index (κ1) is 16.4. The van der Waals surface area contributed by atoms with Crippen molar-refractivity contribution in [1.82, 2.24) is 0 Å². The number of rotatable bonds is 3. The molecule has 0 aliphatic heterocycles. The van der Waals surface area contributed by atoms with E-state index in [9.17, 15) is 5.11 Å². The highest BCUT2D eigenvalue weighted by atomic mass is 16.3. The van der Waals surface area contributed by atoms with Gasteiger partial charge in [-0.2, -0.15) is 0 Å². The van der Waals surface area contributed by atoms with E-state index in [1.807, 2.05) is 0 Å². The predicted octanol–water partition coefficient (Wildman–Crippen LogP) is 6.73. The first-order chi connectivity index (χ1) is 12.0. The zero-order valence-electron chi connectivity index (χ0n) is 15.5. The van der Waals surface area contributed by atoms with Crippen LogP contribution in [0.15, 0.2) is 65.9 Å². The Kier molecular flexibility index (Phi) is 3.98. The Hall–Kier alpha value is -2.02. The molecule has 1 fully saturated rings. The summed E-state index contributed by atoms with van der Waals surface area (Å²) in [4.78, 5) is 0. The minimum absolute atomic E-state index is 0.00607. The lowest BCUT2D eigenvalue weighted by Crippen LogP contribution is -2.25. The molecule has 130 valence electrons. The van der Waals surface area contributed by atoms with Crippen LogP contribution in [0.1, 0.15) is 51.5 Å². The van der Waals surface area contributed by atoms with E-state index >= 15 is 0 Å². The van der Waals surface area contributed by atoms with Crippen LogP contribution in [0.25, 0.3) is 11.1 Å². The van der Waals surface area contributed by atoms with Crippen molar-refractivity contribution in [3.63, 3.8) is 0 Å². The molecule has 1 spiro atoms. The van der Waals surface area contributed by atoms with Crippen LogP contribution in [-0.2, 0) is 0 Å². The molecule has 2 unspecified atom stereocenters. The maximum Gasteiger partial charge on any atom is 0.0987 e. The molecular formula is C24H28O. The lowest BCUT2D eigenvalue weighted by molar-refractivity contribution is 0.204. The summed E-state index contributed by atoms with van der Waals surface area (Å²) in [7, 11) is 0. The zero-order chi connectivity index (χ0) is 17.6. The predicted molar refractivity (Wildman–Crippen MR) is 105 cm³/mol. The van der Waals surface area contributed by atoms with Gasteiger partial charge in [-0.05, 0) is 59.3 Å². The van der Waals surface area contributed by atoms with Crippen molar-refractivity contribution < 1.29 is 5.11 Å². The molecule has 1 N–H and O–H groups in total. The minimum atomic E-state index is 0.00607. The molecule has 0 saturated heterocycles. The van der Waals surface area contributed by atoms with Gasteiger partial charge in [0.1, 0.15) is 0 Å². The average Bonchev–Trinajstić information content (AvgIpc) is 3.38. The maximum absolute atomic E-state index is 11.0. The summed E-state index contributed by atoms with van der Waals surface area (Å²) in [6, 6.07) is 19.5. The first-order valence-corrected chi connectivity index (χ1v) is 9.62. The van der Waals surface area contributed by atoms with Gasteiger partial charge in [0.25, 0.3) is 0 Å². The minimum Gasteiger partial charge on any atom is -0.512 e. The quantitative estimate of drug-likeness (QED) is 0.661. The highest BCUT2D eigenvalue weighted by molar-refractivity contribution is 5.63. The molecule has 0 amide bonds. The van der Waals surface area contributed by atoms with Crippen molar-refractivity contribution in [2.45, 2.75) is 46.0 Å². The van der Waals surface area contributed by atoms with Crippen LogP contribution < -0.4 is 0 Å². The van der Waals surface area contributed by atoms with Crippen molar-refractivity contribution in [2.75, 3.05) is 0 Å². The molecule has 25 heavy (non-hydrogen) atoms. The number of aliphatic hydroxyl groups excluding tert-OH is 1. The van der Waals surface area contributed by atoms with Gasteiger partial charge in [0, 0.05) is 5.41 Å². The van der Waals surface area contributed by atoms with Crippen molar-refractivity contribution in [3.8, 4) is 11.1 Å². The Morgan fingerprint density at radius 2 is 1.60 bits per heavy atom. The molecule has 0 heterocycles. The van der Waals surface area contributed by atoms with E-state index < -0.39 is 0 Å². The average molecular weight is 332 g/mol. The monoisotopic (exact) mass is 332 g/mol. The molecule has 0 aromatic heterocycles. The molecule has 0 radical (unpaired) electrons. The largest absolute Gasteiger partial charge is 0.512 e. The van der Waals surface area contributed by atoms with Crippen LogP contribution in [0.3, 0.4) is 0 Å². The second-order valence-electron chi connectivity index (χ2n) is 8.25. The van der Waals surface area contributed by atoms with Crippen molar-refractivity contribution in [2.24, 2.45) is 17.3 Å². The molecule has 0 bridgehead atoms. The Balaban J connectivity index is 1.63. The highest BCUT2D eigenvalue weighted by Crippen LogP contribution is 2.70. The standard InChI is InChI=1S/C24H28O/c1-16(2)21-14-9-17(3)24(23(21)25)15-22(24)20-12-10-19(11-13-20)18-7-5-4-6-8-18/h4-8,10-13,16-17,22,25H,9,14-15H2,1-3H3/t17?,22?,24-/m1/s1. The van der Waals surface area contributed by atoms with E-state index in [1.165, 1.54) is 28.7 Å². The normalized spacial score (nSPS) is 28.6. The van der Waals surface area contributed by atoms with Gasteiger partial charge in [0.2, 0.25) is 0 Å². The molecule has 2 aliphatic carbocycles. The van der Waals surface area contributed by atoms with Crippen LogP contribution in [0.4, 0.5) is 0 Å². The molecule has 2 aromatic carbocycles. The zero-order valence-corrected chi connectivity index (χ0v) is 15.5. The third-order valence-electron chi connectivity index (χ3n) is 6.59. The topological polar surface area (TPSA) is 20.2 Å². The fraction of sp³-hybridized carbons (Fsp3) is 0.417. The fourth-order valence-electron chi connectivity index (χ4n) is 4.88. The lowest BCUT2D eigenvalue weighted by Gasteiger charge is -2.33. The van der Waals surface area contributed by atoms with Crippen molar-refractivity contribution >= 4 is 0 Å². The summed E-state index contributed by atoms with van der Waals surface area (Å²) in [6.45, 7) is 6.74. The van der Waals surface area contributed by atoms with Crippen LogP contribution in [0.5, 0.6) is 0 Å². The van der Waals surface area contributed by atoms with Gasteiger partial charge in [-0.1, -0.05) is 75.4 Å². The third kappa shape index (κ3) is 2.61. The number of allylic oxidation sites excluding steroid dienone is 2. The molecule has 1 saturated carbocycles. The Bertz CT molecular complexity index is 785. The number of benzene rings is 2. The molecule has 4 rings (SSSR count). The van der Waals surface area contributed by atoms with E-state index in [-0.39, 0.29) is 5.41 Å². The Morgan fingerprint density at radius 1 is 0.960 bits per heavy atom. The smallest absolute Gasteiger partial charge is 0.0987 e. The number of aliphatic hydroxyl groups is 1. The molecule has 3 atom stereocenters. The van der Waals surface area contributed by atoms with Gasteiger partial charge in [0.05, 0.1) is 5.76 Å². The molecule has 2 aromatic rings. The van der Waals surface area contributed by atoms with Crippen molar-refractivity contribution in [3.05, 3.63) is 71.5 Å². The second kappa shape index (κ2) is 6.05. The Morgan fingerprint density at radius 3 is 2.24 bits per heavy atom.